The van der Waals surface area contributed by atoms with Gasteiger partial charge in [0.2, 0.25) is 5.91 Å². The van der Waals surface area contributed by atoms with Gasteiger partial charge in [-0.15, -0.1) is 12.4 Å². The summed E-state index contributed by atoms with van der Waals surface area (Å²) < 4.78 is 10.5. The highest BCUT2D eigenvalue weighted by molar-refractivity contribution is 5.85. The van der Waals surface area contributed by atoms with Gasteiger partial charge in [0.05, 0.1) is 20.3 Å². The van der Waals surface area contributed by atoms with E-state index in [1.54, 1.807) is 7.11 Å². The minimum absolute atomic E-state index is 0. The summed E-state index contributed by atoms with van der Waals surface area (Å²) in [5, 5.41) is 3.32. The fraction of sp³-hybridized carbons (Fsp3) is 0.562. The maximum atomic E-state index is 12.4. The van der Waals surface area contributed by atoms with Crippen LogP contribution in [0.4, 0.5) is 0 Å². The average Bonchev–Trinajstić information content (AvgIpc) is 2.54. The van der Waals surface area contributed by atoms with E-state index < -0.39 is 0 Å². The number of ether oxygens (including phenoxy) is 2. The van der Waals surface area contributed by atoms with E-state index in [-0.39, 0.29) is 24.4 Å². The molecule has 0 saturated carbocycles. The Labute approximate surface area is 138 Å². The van der Waals surface area contributed by atoms with Crippen molar-refractivity contribution in [2.45, 2.75) is 25.9 Å². The number of amides is 1. The van der Waals surface area contributed by atoms with E-state index >= 15 is 0 Å². The maximum absolute atomic E-state index is 12.4. The van der Waals surface area contributed by atoms with Crippen LogP contribution in [-0.2, 0) is 16.1 Å². The number of rotatable bonds is 6. The number of nitrogens with one attached hydrogen (secondary N) is 1. The molecule has 0 aliphatic carbocycles. The summed E-state index contributed by atoms with van der Waals surface area (Å²) in [5.41, 5.74) is 1.11. The standard InChI is InChI=1S/C16H24N2O3.ClH/c1-3-18(11-13-4-6-15(20-2)7-5-13)16(19)10-14-12-21-9-8-17-14;/h4-7,14,17H,3,8-12H2,1-2H3;1H. The van der Waals surface area contributed by atoms with E-state index in [9.17, 15) is 4.79 Å². The van der Waals surface area contributed by atoms with Gasteiger partial charge in [-0.2, -0.15) is 0 Å². The van der Waals surface area contributed by atoms with Crippen LogP contribution in [0.25, 0.3) is 0 Å². The average molecular weight is 329 g/mol. The number of benzene rings is 1. The van der Waals surface area contributed by atoms with Gasteiger partial charge >= 0.3 is 0 Å². The molecular weight excluding hydrogens is 304 g/mol. The molecule has 1 aromatic carbocycles. The van der Waals surface area contributed by atoms with Crippen molar-refractivity contribution in [3.05, 3.63) is 29.8 Å². The van der Waals surface area contributed by atoms with Gasteiger partial charge in [-0.1, -0.05) is 12.1 Å². The molecule has 1 aliphatic rings. The molecule has 5 nitrogen and oxygen atoms in total. The summed E-state index contributed by atoms with van der Waals surface area (Å²) in [7, 11) is 1.65. The SMILES string of the molecule is CCN(Cc1ccc(OC)cc1)C(=O)CC1COCCN1.Cl. The monoisotopic (exact) mass is 328 g/mol. The zero-order chi connectivity index (χ0) is 15.1. The van der Waals surface area contributed by atoms with E-state index in [1.807, 2.05) is 36.1 Å². The van der Waals surface area contributed by atoms with Crippen molar-refractivity contribution in [3.63, 3.8) is 0 Å². The zero-order valence-electron chi connectivity index (χ0n) is 13.2. The van der Waals surface area contributed by atoms with Crippen molar-refractivity contribution in [2.24, 2.45) is 0 Å². The number of hydrogen-bond acceptors (Lipinski definition) is 4. The van der Waals surface area contributed by atoms with Gasteiger partial charge in [-0.25, -0.2) is 0 Å². The molecule has 0 bridgehead atoms. The Morgan fingerprint density at radius 3 is 2.68 bits per heavy atom. The molecule has 0 spiro atoms. The Bertz CT molecular complexity index is 447. The summed E-state index contributed by atoms with van der Waals surface area (Å²) in [6.45, 7) is 5.51. The van der Waals surface area contributed by atoms with Crippen molar-refractivity contribution >= 4 is 18.3 Å². The highest BCUT2D eigenvalue weighted by Gasteiger charge is 2.20. The van der Waals surface area contributed by atoms with E-state index in [2.05, 4.69) is 5.32 Å². The first-order valence-electron chi connectivity index (χ1n) is 7.44. The second-order valence-corrected chi connectivity index (χ2v) is 5.19. The van der Waals surface area contributed by atoms with Crippen LogP contribution in [0.15, 0.2) is 24.3 Å². The van der Waals surface area contributed by atoms with E-state index in [0.717, 1.165) is 24.5 Å². The molecule has 1 atom stereocenters. The smallest absolute Gasteiger partial charge is 0.224 e. The second kappa shape index (κ2) is 9.66. The summed E-state index contributed by atoms with van der Waals surface area (Å²) in [4.78, 5) is 14.2. The summed E-state index contributed by atoms with van der Waals surface area (Å²) >= 11 is 0. The molecule has 1 saturated heterocycles. The molecule has 6 heteroatoms. The number of morpholine rings is 1. The first kappa shape index (κ1) is 18.7. The zero-order valence-corrected chi connectivity index (χ0v) is 14.0. The van der Waals surface area contributed by atoms with E-state index in [1.165, 1.54) is 0 Å². The van der Waals surface area contributed by atoms with Crippen LogP contribution in [0.5, 0.6) is 5.75 Å². The molecular formula is C16H25ClN2O3. The molecule has 1 unspecified atom stereocenters. The third-order valence-corrected chi connectivity index (χ3v) is 3.69. The molecule has 0 radical (unpaired) electrons. The molecule has 2 rings (SSSR count). The Morgan fingerprint density at radius 1 is 1.41 bits per heavy atom. The Kier molecular flexibility index (Phi) is 8.24. The van der Waals surface area contributed by atoms with Crippen molar-refractivity contribution < 1.29 is 14.3 Å². The minimum Gasteiger partial charge on any atom is -0.497 e. The fourth-order valence-corrected chi connectivity index (χ4v) is 2.42. The van der Waals surface area contributed by atoms with Crippen molar-refractivity contribution in [2.75, 3.05) is 33.4 Å². The molecule has 1 amide bonds. The van der Waals surface area contributed by atoms with Crippen molar-refractivity contribution in [1.29, 1.82) is 0 Å². The predicted molar refractivity (Wildman–Crippen MR) is 88.6 cm³/mol. The number of halogens is 1. The van der Waals surface area contributed by atoms with Crippen LogP contribution >= 0.6 is 12.4 Å². The lowest BCUT2D eigenvalue weighted by Gasteiger charge is -2.27. The number of carbonyl (C=O) groups excluding carboxylic acids is 1. The summed E-state index contributed by atoms with van der Waals surface area (Å²) in [5.74, 6) is 0.994. The third kappa shape index (κ3) is 5.48. The Balaban J connectivity index is 0.00000242. The maximum Gasteiger partial charge on any atom is 0.224 e. The molecule has 22 heavy (non-hydrogen) atoms. The summed E-state index contributed by atoms with van der Waals surface area (Å²) in [6.07, 6.45) is 0.490. The van der Waals surface area contributed by atoms with Crippen LogP contribution in [-0.4, -0.2) is 50.3 Å². The van der Waals surface area contributed by atoms with Gasteiger partial charge in [0, 0.05) is 32.1 Å². The number of hydrogen-bond donors (Lipinski definition) is 1. The Morgan fingerprint density at radius 2 is 2.14 bits per heavy atom. The molecule has 1 N–H and O–H groups in total. The first-order chi connectivity index (χ1) is 10.2. The number of methoxy groups -OCH3 is 1. The van der Waals surface area contributed by atoms with Gasteiger partial charge in [0.1, 0.15) is 5.75 Å². The molecule has 1 aliphatic heterocycles. The van der Waals surface area contributed by atoms with Gasteiger partial charge in [0.15, 0.2) is 0 Å². The third-order valence-electron chi connectivity index (χ3n) is 3.69. The van der Waals surface area contributed by atoms with Gasteiger partial charge in [-0.3, -0.25) is 4.79 Å². The molecule has 1 heterocycles. The van der Waals surface area contributed by atoms with Crippen molar-refractivity contribution in [3.8, 4) is 5.75 Å². The topological polar surface area (TPSA) is 50.8 Å². The highest BCUT2D eigenvalue weighted by Crippen LogP contribution is 2.14. The largest absolute Gasteiger partial charge is 0.497 e. The number of carbonyl (C=O) groups is 1. The lowest BCUT2D eigenvalue weighted by atomic mass is 10.1. The van der Waals surface area contributed by atoms with Gasteiger partial charge < -0.3 is 19.7 Å². The normalized spacial score (nSPS) is 17.5. The van der Waals surface area contributed by atoms with Crippen LogP contribution in [0.3, 0.4) is 0 Å². The van der Waals surface area contributed by atoms with Crippen LogP contribution in [0.2, 0.25) is 0 Å². The van der Waals surface area contributed by atoms with Gasteiger partial charge in [-0.05, 0) is 24.6 Å². The predicted octanol–water partition coefficient (Wildman–Crippen LogP) is 1.84. The number of nitrogens with zero attached hydrogens (tertiary/aromatic N) is 1. The molecule has 1 fully saturated rings. The quantitative estimate of drug-likeness (QED) is 0.866. The van der Waals surface area contributed by atoms with Crippen LogP contribution < -0.4 is 10.1 Å². The minimum atomic E-state index is 0. The Hall–Kier alpha value is -1.30. The lowest BCUT2D eigenvalue weighted by Crippen LogP contribution is -2.45. The van der Waals surface area contributed by atoms with E-state index in [4.69, 9.17) is 9.47 Å². The van der Waals surface area contributed by atoms with Crippen LogP contribution in [0, 0.1) is 0 Å². The lowest BCUT2D eigenvalue weighted by molar-refractivity contribution is -0.132. The summed E-state index contributed by atoms with van der Waals surface area (Å²) in [6, 6.07) is 7.97. The van der Waals surface area contributed by atoms with Crippen LogP contribution in [0.1, 0.15) is 18.9 Å². The van der Waals surface area contributed by atoms with E-state index in [0.29, 0.717) is 26.1 Å². The fourth-order valence-electron chi connectivity index (χ4n) is 2.42. The molecule has 1 aromatic rings. The van der Waals surface area contributed by atoms with Gasteiger partial charge in [0.25, 0.3) is 0 Å². The molecule has 124 valence electrons. The second-order valence-electron chi connectivity index (χ2n) is 5.19. The first-order valence-corrected chi connectivity index (χ1v) is 7.44. The van der Waals surface area contributed by atoms with Crippen molar-refractivity contribution in [1.82, 2.24) is 10.2 Å². The highest BCUT2D eigenvalue weighted by atomic mass is 35.5. The molecule has 0 aromatic heterocycles.